The number of hydrogen-bond acceptors (Lipinski definition) is 4. The van der Waals surface area contributed by atoms with E-state index in [4.69, 9.17) is 5.11 Å². The van der Waals surface area contributed by atoms with E-state index in [1.54, 1.807) is 0 Å². The molecule has 0 saturated heterocycles. The molecule has 4 unspecified atom stereocenters. The average molecular weight is 413 g/mol. The minimum absolute atomic E-state index is 0.196. The lowest BCUT2D eigenvalue weighted by molar-refractivity contribution is -0.134. The van der Waals surface area contributed by atoms with Crippen molar-refractivity contribution in [3.05, 3.63) is 11.6 Å². The summed E-state index contributed by atoms with van der Waals surface area (Å²) in [4.78, 5) is 11.7. The van der Waals surface area contributed by atoms with Gasteiger partial charge in [-0.25, -0.2) is 0 Å². The molecule has 0 aromatic heterocycles. The highest BCUT2D eigenvalue weighted by molar-refractivity contribution is 5.83. The first-order valence-electron chi connectivity index (χ1n) is 11.8. The first-order valence-corrected chi connectivity index (χ1v) is 11.8. The van der Waals surface area contributed by atoms with Crippen molar-refractivity contribution >= 4 is 5.78 Å². The third-order valence-electron chi connectivity index (χ3n) is 5.91. The van der Waals surface area contributed by atoms with Crippen molar-refractivity contribution in [2.75, 3.05) is 6.61 Å². The van der Waals surface area contributed by atoms with Gasteiger partial charge in [0.25, 0.3) is 0 Å². The molecule has 3 N–H and O–H groups in total. The van der Waals surface area contributed by atoms with Gasteiger partial charge in [0.2, 0.25) is 0 Å². The predicted octanol–water partition coefficient (Wildman–Crippen LogP) is 5.44. The van der Waals surface area contributed by atoms with Gasteiger partial charge in [-0.3, -0.25) is 4.79 Å². The molecule has 172 valence electrons. The molecular weight excluding hydrogens is 364 g/mol. The van der Waals surface area contributed by atoms with E-state index in [0.29, 0.717) is 6.42 Å². The topological polar surface area (TPSA) is 77.8 Å². The molecule has 0 aliphatic carbocycles. The third kappa shape index (κ3) is 15.7. The minimum atomic E-state index is -1.48. The highest BCUT2D eigenvalue weighted by atomic mass is 16.4. The Morgan fingerprint density at radius 2 is 1.34 bits per heavy atom. The number of aliphatic hydroxyl groups is 3. The standard InChI is InChI=1S/C25H48O4/c1-19(2)10-6-11-20(3)12-7-13-21(4)14-8-15-22(5)16-9-17-23(27)25(29)24(28)18-26/h16,19-21,24-26,28-29H,6-15,17-18H2,1-5H3. The summed E-state index contributed by atoms with van der Waals surface area (Å²) in [6, 6.07) is 0. The highest BCUT2D eigenvalue weighted by Crippen LogP contribution is 2.22. The Labute approximate surface area is 179 Å². The monoisotopic (exact) mass is 412 g/mol. The summed E-state index contributed by atoms with van der Waals surface area (Å²) in [6.45, 7) is 10.8. The maximum atomic E-state index is 11.7. The number of ketones is 1. The maximum absolute atomic E-state index is 11.7. The molecule has 0 aliphatic heterocycles. The Morgan fingerprint density at radius 3 is 1.86 bits per heavy atom. The van der Waals surface area contributed by atoms with Crippen LogP contribution in [0.2, 0.25) is 0 Å². The van der Waals surface area contributed by atoms with Gasteiger partial charge in [-0.15, -0.1) is 0 Å². The highest BCUT2D eigenvalue weighted by Gasteiger charge is 2.22. The SMILES string of the molecule is CC(=CCCC(=O)C(O)C(O)CO)CCCC(C)CCCC(C)CCCC(C)C. The molecule has 0 spiro atoms. The summed E-state index contributed by atoms with van der Waals surface area (Å²) >= 11 is 0. The molecule has 4 heteroatoms. The van der Waals surface area contributed by atoms with Crippen molar-refractivity contribution in [2.24, 2.45) is 17.8 Å². The van der Waals surface area contributed by atoms with Crippen molar-refractivity contribution in [3.8, 4) is 0 Å². The molecule has 0 fully saturated rings. The molecule has 4 nitrogen and oxygen atoms in total. The molecule has 29 heavy (non-hydrogen) atoms. The van der Waals surface area contributed by atoms with E-state index >= 15 is 0 Å². The number of aliphatic hydroxyl groups excluding tert-OH is 3. The average Bonchev–Trinajstić information content (AvgIpc) is 2.66. The fraction of sp³-hybridized carbons (Fsp3) is 0.880. The second-order valence-corrected chi connectivity index (χ2v) is 9.61. The van der Waals surface area contributed by atoms with Crippen molar-refractivity contribution in [2.45, 2.75) is 117 Å². The molecule has 0 saturated carbocycles. The van der Waals surface area contributed by atoms with Gasteiger partial charge in [0, 0.05) is 6.42 Å². The zero-order chi connectivity index (χ0) is 22.2. The lowest BCUT2D eigenvalue weighted by Gasteiger charge is -2.15. The lowest BCUT2D eigenvalue weighted by atomic mass is 9.91. The smallest absolute Gasteiger partial charge is 0.164 e. The van der Waals surface area contributed by atoms with Crippen LogP contribution in [0, 0.1) is 17.8 Å². The Kier molecular flexibility index (Phi) is 16.6. The van der Waals surface area contributed by atoms with Crippen LogP contribution in [0.25, 0.3) is 0 Å². The molecule has 0 heterocycles. The first kappa shape index (κ1) is 28.3. The van der Waals surface area contributed by atoms with Gasteiger partial charge in [-0.05, 0) is 43.9 Å². The largest absolute Gasteiger partial charge is 0.394 e. The summed E-state index contributed by atoms with van der Waals surface area (Å²) in [5, 5.41) is 27.6. The van der Waals surface area contributed by atoms with Crippen LogP contribution in [-0.4, -0.2) is 39.9 Å². The molecule has 4 atom stereocenters. The maximum Gasteiger partial charge on any atom is 0.164 e. The van der Waals surface area contributed by atoms with E-state index < -0.39 is 24.6 Å². The third-order valence-corrected chi connectivity index (χ3v) is 5.91. The molecule has 0 rings (SSSR count). The van der Waals surface area contributed by atoms with Crippen LogP contribution in [0.5, 0.6) is 0 Å². The number of rotatable bonds is 18. The van der Waals surface area contributed by atoms with Crippen LogP contribution in [0.4, 0.5) is 0 Å². The molecule has 0 aromatic carbocycles. The predicted molar refractivity (Wildman–Crippen MR) is 122 cm³/mol. The van der Waals surface area contributed by atoms with E-state index in [9.17, 15) is 15.0 Å². The van der Waals surface area contributed by atoms with E-state index in [1.807, 2.05) is 0 Å². The quantitative estimate of drug-likeness (QED) is 0.262. The second kappa shape index (κ2) is 17.0. The number of allylic oxidation sites excluding steroid dienone is 2. The number of carbonyl (C=O) groups excluding carboxylic acids is 1. The summed E-state index contributed by atoms with van der Waals surface area (Å²) < 4.78 is 0. The Balaban J connectivity index is 3.82. The van der Waals surface area contributed by atoms with E-state index in [2.05, 4.69) is 40.7 Å². The van der Waals surface area contributed by atoms with E-state index in [-0.39, 0.29) is 6.42 Å². The minimum Gasteiger partial charge on any atom is -0.394 e. The van der Waals surface area contributed by atoms with E-state index in [0.717, 1.165) is 24.2 Å². The summed E-state index contributed by atoms with van der Waals surface area (Å²) in [5.41, 5.74) is 1.28. The summed E-state index contributed by atoms with van der Waals surface area (Å²) in [6.07, 6.45) is 11.5. The summed E-state index contributed by atoms with van der Waals surface area (Å²) in [7, 11) is 0. The van der Waals surface area contributed by atoms with Gasteiger partial charge in [0.1, 0.15) is 12.2 Å². The van der Waals surface area contributed by atoms with Crippen molar-refractivity contribution in [3.63, 3.8) is 0 Å². The molecule has 0 aromatic rings. The fourth-order valence-corrected chi connectivity index (χ4v) is 3.73. The fourth-order valence-electron chi connectivity index (χ4n) is 3.73. The van der Waals surface area contributed by atoms with Crippen LogP contribution >= 0.6 is 0 Å². The Hall–Kier alpha value is -0.710. The van der Waals surface area contributed by atoms with Gasteiger partial charge >= 0.3 is 0 Å². The molecule has 0 bridgehead atoms. The lowest BCUT2D eigenvalue weighted by Crippen LogP contribution is -2.36. The Bertz CT molecular complexity index is 444. The van der Waals surface area contributed by atoms with Crippen molar-refractivity contribution in [1.29, 1.82) is 0 Å². The van der Waals surface area contributed by atoms with Crippen molar-refractivity contribution in [1.82, 2.24) is 0 Å². The van der Waals surface area contributed by atoms with Crippen LogP contribution < -0.4 is 0 Å². The first-order chi connectivity index (χ1) is 13.7. The van der Waals surface area contributed by atoms with Crippen LogP contribution in [0.3, 0.4) is 0 Å². The van der Waals surface area contributed by atoms with Gasteiger partial charge in [0.05, 0.1) is 6.61 Å². The second-order valence-electron chi connectivity index (χ2n) is 9.61. The molecule has 0 amide bonds. The zero-order valence-corrected chi connectivity index (χ0v) is 19.7. The van der Waals surface area contributed by atoms with Gasteiger partial charge in [0.15, 0.2) is 5.78 Å². The van der Waals surface area contributed by atoms with Gasteiger partial charge < -0.3 is 15.3 Å². The van der Waals surface area contributed by atoms with Crippen LogP contribution in [0.15, 0.2) is 11.6 Å². The molecule has 0 aliphatic rings. The molecular formula is C25H48O4. The van der Waals surface area contributed by atoms with Gasteiger partial charge in [-0.1, -0.05) is 84.3 Å². The zero-order valence-electron chi connectivity index (χ0n) is 19.7. The number of carbonyl (C=O) groups is 1. The van der Waals surface area contributed by atoms with Gasteiger partial charge in [-0.2, -0.15) is 0 Å². The van der Waals surface area contributed by atoms with E-state index in [1.165, 1.54) is 56.9 Å². The number of Topliss-reactive ketones (excluding diaryl/α,β-unsaturated/α-hetero) is 1. The summed E-state index contributed by atoms with van der Waals surface area (Å²) in [5.74, 6) is 2.03. The Morgan fingerprint density at radius 1 is 0.828 bits per heavy atom. The number of hydrogen-bond donors (Lipinski definition) is 3. The van der Waals surface area contributed by atoms with Crippen LogP contribution in [0.1, 0.15) is 105 Å². The van der Waals surface area contributed by atoms with Crippen LogP contribution in [-0.2, 0) is 4.79 Å². The van der Waals surface area contributed by atoms with Crippen molar-refractivity contribution < 1.29 is 20.1 Å². The molecule has 0 radical (unpaired) electrons. The normalized spacial score (nSPS) is 16.7.